The minimum absolute atomic E-state index is 0.195. The van der Waals surface area contributed by atoms with Crippen LogP contribution in [0.3, 0.4) is 0 Å². The molecule has 0 saturated heterocycles. The molecule has 1 unspecified atom stereocenters. The Kier molecular flexibility index (Phi) is 6.31. The first kappa shape index (κ1) is 21.7. The van der Waals surface area contributed by atoms with Crippen molar-refractivity contribution < 1.29 is 9.18 Å². The quantitative estimate of drug-likeness (QED) is 0.794. The monoisotopic (exact) mass is 421 g/mol. The van der Waals surface area contributed by atoms with Gasteiger partial charge in [0.2, 0.25) is 0 Å². The van der Waals surface area contributed by atoms with Crippen LogP contribution in [-0.4, -0.2) is 46.5 Å². The van der Waals surface area contributed by atoms with E-state index in [1.807, 2.05) is 32.4 Å². The number of imidazole rings is 1. The standard InChI is InChI=1S/C21H29ClFN5O/c1-21(2,3)17(11-24)25-20(29)18-16-12-27(4)8-5-9-28(16)19(26-18)14-10-13(22)6-7-15(14)23/h6-7,10,17H,5,8-9,11-12,24H2,1-4H3,(H,25,29). The van der Waals surface area contributed by atoms with Crippen LogP contribution in [0.25, 0.3) is 11.4 Å². The van der Waals surface area contributed by atoms with Crippen LogP contribution in [0.5, 0.6) is 0 Å². The summed E-state index contributed by atoms with van der Waals surface area (Å²) in [5.74, 6) is -0.273. The molecule has 3 rings (SSSR count). The fraction of sp³-hybridized carbons (Fsp3) is 0.524. The van der Waals surface area contributed by atoms with E-state index in [-0.39, 0.29) is 17.4 Å². The van der Waals surface area contributed by atoms with E-state index >= 15 is 0 Å². The van der Waals surface area contributed by atoms with Crippen LogP contribution < -0.4 is 11.1 Å². The molecule has 1 amide bonds. The summed E-state index contributed by atoms with van der Waals surface area (Å²) < 4.78 is 16.5. The van der Waals surface area contributed by atoms with Crippen molar-refractivity contribution in [2.45, 2.75) is 46.3 Å². The Labute approximate surface area is 176 Å². The van der Waals surface area contributed by atoms with Crippen molar-refractivity contribution in [1.29, 1.82) is 0 Å². The molecule has 1 aliphatic rings. The third kappa shape index (κ3) is 4.63. The van der Waals surface area contributed by atoms with Gasteiger partial charge in [-0.15, -0.1) is 0 Å². The van der Waals surface area contributed by atoms with Crippen LogP contribution in [0.1, 0.15) is 43.4 Å². The number of hydrogen-bond acceptors (Lipinski definition) is 4. The molecule has 1 atom stereocenters. The third-order valence-electron chi connectivity index (χ3n) is 5.38. The van der Waals surface area contributed by atoms with Crippen molar-refractivity contribution in [3.63, 3.8) is 0 Å². The van der Waals surface area contributed by atoms with E-state index in [2.05, 4.69) is 15.2 Å². The van der Waals surface area contributed by atoms with E-state index in [0.29, 0.717) is 41.7 Å². The molecule has 0 bridgehead atoms. The Morgan fingerprint density at radius 3 is 2.76 bits per heavy atom. The summed E-state index contributed by atoms with van der Waals surface area (Å²) in [6.45, 7) is 8.49. The highest BCUT2D eigenvalue weighted by atomic mass is 35.5. The fourth-order valence-corrected chi connectivity index (χ4v) is 3.81. The summed E-state index contributed by atoms with van der Waals surface area (Å²) in [4.78, 5) is 19.9. The number of aromatic nitrogens is 2. The number of hydrogen-bond donors (Lipinski definition) is 2. The van der Waals surface area contributed by atoms with E-state index in [9.17, 15) is 9.18 Å². The van der Waals surface area contributed by atoms with Crippen LogP contribution in [0, 0.1) is 11.2 Å². The lowest BCUT2D eigenvalue weighted by Crippen LogP contribution is -2.48. The number of carbonyl (C=O) groups is 1. The summed E-state index contributed by atoms with van der Waals surface area (Å²) in [7, 11) is 2.00. The highest BCUT2D eigenvalue weighted by Crippen LogP contribution is 2.30. The number of nitrogens with zero attached hydrogens (tertiary/aromatic N) is 3. The van der Waals surface area contributed by atoms with E-state index in [0.717, 1.165) is 18.7 Å². The van der Waals surface area contributed by atoms with Gasteiger partial charge in [0.25, 0.3) is 5.91 Å². The van der Waals surface area contributed by atoms with E-state index in [1.165, 1.54) is 12.1 Å². The fourth-order valence-electron chi connectivity index (χ4n) is 3.63. The first-order chi connectivity index (χ1) is 13.6. The zero-order valence-corrected chi connectivity index (χ0v) is 18.2. The molecule has 0 aliphatic carbocycles. The number of benzene rings is 1. The molecular formula is C21H29ClFN5O. The smallest absolute Gasteiger partial charge is 0.272 e. The normalized spacial score (nSPS) is 16.2. The van der Waals surface area contributed by atoms with Crippen molar-refractivity contribution in [3.8, 4) is 11.4 Å². The van der Waals surface area contributed by atoms with Gasteiger partial charge in [-0.05, 0) is 43.6 Å². The Balaban J connectivity index is 2.09. The molecule has 2 aromatic rings. The Morgan fingerprint density at radius 1 is 1.38 bits per heavy atom. The molecule has 1 aromatic heterocycles. The van der Waals surface area contributed by atoms with Gasteiger partial charge >= 0.3 is 0 Å². The Bertz CT molecular complexity index is 905. The van der Waals surface area contributed by atoms with E-state index in [1.54, 1.807) is 6.07 Å². The average molecular weight is 422 g/mol. The molecule has 8 heteroatoms. The second-order valence-corrected chi connectivity index (χ2v) is 9.16. The van der Waals surface area contributed by atoms with Gasteiger partial charge in [-0.25, -0.2) is 9.37 Å². The summed E-state index contributed by atoms with van der Waals surface area (Å²) in [6.07, 6.45) is 0.878. The first-order valence-corrected chi connectivity index (χ1v) is 10.2. The van der Waals surface area contributed by atoms with Crippen LogP contribution in [0.4, 0.5) is 4.39 Å². The summed E-state index contributed by atoms with van der Waals surface area (Å²) in [5, 5.41) is 3.44. The zero-order valence-electron chi connectivity index (χ0n) is 17.4. The second-order valence-electron chi connectivity index (χ2n) is 8.73. The van der Waals surface area contributed by atoms with Gasteiger partial charge in [-0.3, -0.25) is 4.79 Å². The van der Waals surface area contributed by atoms with Gasteiger partial charge in [0.15, 0.2) is 5.69 Å². The lowest BCUT2D eigenvalue weighted by Gasteiger charge is -2.30. The molecule has 0 fully saturated rings. The number of nitrogens with one attached hydrogen (secondary N) is 1. The number of carbonyl (C=O) groups excluding carboxylic acids is 1. The number of halogens is 2. The maximum atomic E-state index is 14.6. The minimum atomic E-state index is -0.415. The van der Waals surface area contributed by atoms with Crippen molar-refractivity contribution in [2.75, 3.05) is 20.1 Å². The molecular weight excluding hydrogens is 393 g/mol. The van der Waals surface area contributed by atoms with Gasteiger partial charge in [-0.1, -0.05) is 32.4 Å². The second kappa shape index (κ2) is 8.42. The summed E-state index contributed by atoms with van der Waals surface area (Å²) >= 11 is 6.11. The van der Waals surface area contributed by atoms with Gasteiger partial charge in [0, 0.05) is 30.7 Å². The zero-order chi connectivity index (χ0) is 21.3. The first-order valence-electron chi connectivity index (χ1n) is 9.86. The predicted octanol–water partition coefficient (Wildman–Crippen LogP) is 3.28. The molecule has 29 heavy (non-hydrogen) atoms. The van der Waals surface area contributed by atoms with Crippen LogP contribution >= 0.6 is 11.6 Å². The minimum Gasteiger partial charge on any atom is -0.346 e. The predicted molar refractivity (Wildman–Crippen MR) is 113 cm³/mol. The molecule has 0 radical (unpaired) electrons. The largest absolute Gasteiger partial charge is 0.346 e. The van der Waals surface area contributed by atoms with Gasteiger partial charge in [-0.2, -0.15) is 0 Å². The van der Waals surface area contributed by atoms with Crippen molar-refractivity contribution in [2.24, 2.45) is 11.1 Å². The molecule has 2 heterocycles. The van der Waals surface area contributed by atoms with Crippen LogP contribution in [-0.2, 0) is 13.1 Å². The number of amides is 1. The SMILES string of the molecule is CN1CCCn2c(-c3cc(Cl)ccc3F)nc(C(=O)NC(CN)C(C)(C)C)c2C1. The topological polar surface area (TPSA) is 76.2 Å². The van der Waals surface area contributed by atoms with Gasteiger partial charge < -0.3 is 20.5 Å². The average Bonchev–Trinajstić information content (AvgIpc) is 2.87. The molecule has 6 nitrogen and oxygen atoms in total. The highest BCUT2D eigenvalue weighted by Gasteiger charge is 2.30. The molecule has 0 saturated carbocycles. The molecule has 158 valence electrons. The molecule has 0 spiro atoms. The summed E-state index contributed by atoms with van der Waals surface area (Å²) in [6, 6.07) is 4.18. The molecule has 3 N–H and O–H groups in total. The summed E-state index contributed by atoms with van der Waals surface area (Å²) in [5.41, 5.74) is 7.09. The van der Waals surface area contributed by atoms with E-state index in [4.69, 9.17) is 17.3 Å². The Hall–Kier alpha value is -1.96. The maximum absolute atomic E-state index is 14.6. The highest BCUT2D eigenvalue weighted by molar-refractivity contribution is 6.30. The van der Waals surface area contributed by atoms with Gasteiger partial charge in [0.05, 0.1) is 11.3 Å². The Morgan fingerprint density at radius 2 is 2.10 bits per heavy atom. The van der Waals surface area contributed by atoms with Crippen molar-refractivity contribution >= 4 is 17.5 Å². The van der Waals surface area contributed by atoms with Crippen molar-refractivity contribution in [1.82, 2.24) is 19.8 Å². The molecule has 1 aliphatic heterocycles. The van der Waals surface area contributed by atoms with Crippen molar-refractivity contribution in [3.05, 3.63) is 40.4 Å². The third-order valence-corrected chi connectivity index (χ3v) is 5.62. The number of rotatable bonds is 4. The maximum Gasteiger partial charge on any atom is 0.272 e. The lowest BCUT2D eigenvalue weighted by molar-refractivity contribution is 0.0899. The van der Waals surface area contributed by atoms with E-state index < -0.39 is 5.82 Å². The lowest BCUT2D eigenvalue weighted by atomic mass is 9.86. The number of nitrogens with two attached hydrogens (primary N) is 1. The van der Waals surface area contributed by atoms with Crippen LogP contribution in [0.15, 0.2) is 18.2 Å². The molecule has 1 aromatic carbocycles. The van der Waals surface area contributed by atoms with Gasteiger partial charge in [0.1, 0.15) is 11.6 Å². The number of fused-ring (bicyclic) bond motifs is 1. The van der Waals surface area contributed by atoms with Crippen LogP contribution in [0.2, 0.25) is 5.02 Å².